The molecule has 0 aliphatic carbocycles. The molecule has 2 nitrogen and oxygen atoms in total. The first-order valence-electron chi connectivity index (χ1n) is 4.52. The van der Waals surface area contributed by atoms with Crippen molar-refractivity contribution in [3.8, 4) is 0 Å². The molecule has 1 unspecified atom stereocenters. The molecule has 1 fully saturated rings. The normalized spacial score (nSPS) is 25.6. The molecule has 1 saturated heterocycles. The lowest BCUT2D eigenvalue weighted by atomic mass is 9.96. The maximum Gasteiger partial charge on any atom is 0.196 e. The Morgan fingerprint density at radius 1 is 1.46 bits per heavy atom. The van der Waals surface area contributed by atoms with Crippen molar-refractivity contribution in [1.29, 1.82) is 0 Å². The summed E-state index contributed by atoms with van der Waals surface area (Å²) in [6.07, 6.45) is 0.765. The molecule has 2 rings (SSSR count). The van der Waals surface area contributed by atoms with Gasteiger partial charge in [0.05, 0.1) is 6.61 Å². The van der Waals surface area contributed by atoms with Crippen LogP contribution in [0.15, 0.2) is 30.3 Å². The van der Waals surface area contributed by atoms with Gasteiger partial charge in [-0.2, -0.15) is 0 Å². The van der Waals surface area contributed by atoms with Gasteiger partial charge in [0.25, 0.3) is 0 Å². The minimum Gasteiger partial charge on any atom is -0.361 e. The summed E-state index contributed by atoms with van der Waals surface area (Å²) in [5.41, 5.74) is 0.267. The largest absolute Gasteiger partial charge is 0.361 e. The highest BCUT2D eigenvalue weighted by Gasteiger charge is 2.50. The second kappa shape index (κ2) is 2.96. The first kappa shape index (κ1) is 8.45. The molecule has 0 spiro atoms. The second-order valence-corrected chi connectivity index (χ2v) is 3.33. The summed E-state index contributed by atoms with van der Waals surface area (Å²) < 4.78 is 5.21. The second-order valence-electron chi connectivity index (χ2n) is 3.33. The van der Waals surface area contributed by atoms with Gasteiger partial charge in [0, 0.05) is 5.56 Å². The number of carbonyl (C=O) groups excluding carboxylic acids is 1. The van der Waals surface area contributed by atoms with E-state index in [4.69, 9.17) is 4.74 Å². The van der Waals surface area contributed by atoms with Crippen LogP contribution in [0.1, 0.15) is 23.7 Å². The average Bonchev–Trinajstić information content (AvgIpc) is 2.99. The van der Waals surface area contributed by atoms with E-state index in [9.17, 15) is 4.79 Å². The number of hydrogen-bond donors (Lipinski definition) is 0. The molecule has 68 valence electrons. The van der Waals surface area contributed by atoms with Gasteiger partial charge in [-0.25, -0.2) is 0 Å². The predicted octanol–water partition coefficient (Wildman–Crippen LogP) is 2.05. The molecular weight excluding hydrogens is 164 g/mol. The van der Waals surface area contributed by atoms with Gasteiger partial charge in [-0.3, -0.25) is 4.79 Å². The molecule has 0 aromatic heterocycles. The molecule has 0 saturated carbocycles. The van der Waals surface area contributed by atoms with Crippen LogP contribution in [0.5, 0.6) is 0 Å². The van der Waals surface area contributed by atoms with Crippen molar-refractivity contribution >= 4 is 5.78 Å². The standard InChI is InChI=1S/C11H12O2/c1-2-11(8-13-11)10(12)9-6-4-3-5-7-9/h3-7H,2,8H2,1H3. The topological polar surface area (TPSA) is 29.6 Å². The van der Waals surface area contributed by atoms with Crippen LogP contribution in [-0.2, 0) is 4.74 Å². The summed E-state index contributed by atoms with van der Waals surface area (Å²) in [6, 6.07) is 9.32. The van der Waals surface area contributed by atoms with Crippen molar-refractivity contribution < 1.29 is 9.53 Å². The van der Waals surface area contributed by atoms with E-state index in [1.807, 2.05) is 37.3 Å². The highest BCUT2D eigenvalue weighted by Crippen LogP contribution is 2.34. The molecular formula is C11H12O2. The number of benzene rings is 1. The monoisotopic (exact) mass is 176 g/mol. The number of hydrogen-bond acceptors (Lipinski definition) is 2. The van der Waals surface area contributed by atoms with Crippen LogP contribution in [0.3, 0.4) is 0 Å². The van der Waals surface area contributed by atoms with Crippen LogP contribution < -0.4 is 0 Å². The third-order valence-corrected chi connectivity index (χ3v) is 2.51. The Morgan fingerprint density at radius 2 is 2.08 bits per heavy atom. The summed E-state index contributed by atoms with van der Waals surface area (Å²) in [6.45, 7) is 2.56. The number of rotatable bonds is 3. The number of ether oxygens (including phenoxy) is 1. The summed E-state index contributed by atoms with van der Waals surface area (Å²) in [5.74, 6) is 0.121. The smallest absolute Gasteiger partial charge is 0.196 e. The van der Waals surface area contributed by atoms with Crippen LogP contribution in [0.4, 0.5) is 0 Å². The minimum atomic E-state index is -0.485. The molecule has 1 atom stereocenters. The maximum atomic E-state index is 11.8. The van der Waals surface area contributed by atoms with E-state index in [2.05, 4.69) is 0 Å². The van der Waals surface area contributed by atoms with Crippen molar-refractivity contribution in [2.75, 3.05) is 6.61 Å². The Balaban J connectivity index is 2.24. The molecule has 13 heavy (non-hydrogen) atoms. The SMILES string of the molecule is CCC1(C(=O)c2ccccc2)CO1. The van der Waals surface area contributed by atoms with Crippen molar-refractivity contribution in [1.82, 2.24) is 0 Å². The van der Waals surface area contributed by atoms with Gasteiger partial charge in [-0.1, -0.05) is 37.3 Å². The van der Waals surface area contributed by atoms with Gasteiger partial charge in [-0.05, 0) is 6.42 Å². The first-order valence-corrected chi connectivity index (χ1v) is 4.52. The fourth-order valence-corrected chi connectivity index (χ4v) is 1.44. The third kappa shape index (κ3) is 1.38. The van der Waals surface area contributed by atoms with Gasteiger partial charge >= 0.3 is 0 Å². The van der Waals surface area contributed by atoms with Crippen molar-refractivity contribution in [2.24, 2.45) is 0 Å². The Morgan fingerprint density at radius 3 is 2.54 bits per heavy atom. The highest BCUT2D eigenvalue weighted by molar-refractivity contribution is 6.04. The van der Waals surface area contributed by atoms with Gasteiger partial charge in [-0.15, -0.1) is 0 Å². The van der Waals surface area contributed by atoms with E-state index in [1.165, 1.54) is 0 Å². The Bertz CT molecular complexity index is 312. The minimum absolute atomic E-state index is 0.121. The molecule has 0 amide bonds. The fraction of sp³-hybridized carbons (Fsp3) is 0.364. The lowest BCUT2D eigenvalue weighted by Gasteiger charge is -2.06. The third-order valence-electron chi connectivity index (χ3n) is 2.51. The number of ketones is 1. The van der Waals surface area contributed by atoms with Crippen LogP contribution in [0.25, 0.3) is 0 Å². The van der Waals surface area contributed by atoms with E-state index in [-0.39, 0.29) is 5.78 Å². The molecule has 1 aliphatic heterocycles. The van der Waals surface area contributed by atoms with E-state index in [0.717, 1.165) is 12.0 Å². The predicted molar refractivity (Wildman–Crippen MR) is 49.7 cm³/mol. The average molecular weight is 176 g/mol. The number of carbonyl (C=O) groups is 1. The number of epoxide rings is 1. The zero-order valence-corrected chi connectivity index (χ0v) is 7.62. The Kier molecular flexibility index (Phi) is 1.93. The highest BCUT2D eigenvalue weighted by atomic mass is 16.6. The molecule has 0 bridgehead atoms. The van der Waals surface area contributed by atoms with Gasteiger partial charge in [0.1, 0.15) is 0 Å². The first-order chi connectivity index (χ1) is 6.28. The van der Waals surface area contributed by atoms with Gasteiger partial charge < -0.3 is 4.74 Å². The molecule has 1 aromatic carbocycles. The molecule has 2 heteroatoms. The summed E-state index contributed by atoms with van der Waals surface area (Å²) in [4.78, 5) is 11.8. The molecule has 1 aromatic rings. The number of Topliss-reactive ketones (excluding diaryl/α,β-unsaturated/α-hetero) is 1. The van der Waals surface area contributed by atoms with E-state index in [0.29, 0.717) is 6.61 Å². The zero-order valence-electron chi connectivity index (χ0n) is 7.62. The van der Waals surface area contributed by atoms with Crippen molar-refractivity contribution in [3.63, 3.8) is 0 Å². The van der Waals surface area contributed by atoms with Gasteiger partial charge in [0.2, 0.25) is 0 Å². The fourth-order valence-electron chi connectivity index (χ4n) is 1.44. The van der Waals surface area contributed by atoms with Crippen molar-refractivity contribution in [3.05, 3.63) is 35.9 Å². The van der Waals surface area contributed by atoms with Crippen LogP contribution >= 0.6 is 0 Å². The zero-order chi connectivity index (χ0) is 9.31. The van der Waals surface area contributed by atoms with Crippen LogP contribution in [-0.4, -0.2) is 18.0 Å². The summed E-state index contributed by atoms with van der Waals surface area (Å²) >= 11 is 0. The summed E-state index contributed by atoms with van der Waals surface area (Å²) in [7, 11) is 0. The maximum absolute atomic E-state index is 11.8. The Labute approximate surface area is 77.5 Å². The molecule has 1 aliphatic rings. The van der Waals surface area contributed by atoms with E-state index >= 15 is 0 Å². The van der Waals surface area contributed by atoms with Crippen molar-refractivity contribution in [2.45, 2.75) is 18.9 Å². The lowest BCUT2D eigenvalue weighted by Crippen LogP contribution is -2.23. The molecule has 0 N–H and O–H groups in total. The molecule has 1 heterocycles. The lowest BCUT2D eigenvalue weighted by molar-refractivity contribution is 0.0868. The molecule has 0 radical (unpaired) electrons. The quantitative estimate of drug-likeness (QED) is 0.521. The summed E-state index contributed by atoms with van der Waals surface area (Å²) in [5, 5.41) is 0. The van der Waals surface area contributed by atoms with Gasteiger partial charge in [0.15, 0.2) is 11.4 Å². The van der Waals surface area contributed by atoms with E-state index in [1.54, 1.807) is 0 Å². The van der Waals surface area contributed by atoms with E-state index < -0.39 is 5.60 Å². The van der Waals surface area contributed by atoms with Crippen LogP contribution in [0, 0.1) is 0 Å². The van der Waals surface area contributed by atoms with Crippen LogP contribution in [0.2, 0.25) is 0 Å². The Hall–Kier alpha value is -1.15.